The van der Waals surface area contributed by atoms with E-state index in [1.807, 2.05) is 0 Å². The van der Waals surface area contributed by atoms with Crippen LogP contribution in [0.2, 0.25) is 0 Å². The highest BCUT2D eigenvalue weighted by atomic mass is 79.9. The van der Waals surface area contributed by atoms with Gasteiger partial charge >= 0.3 is 0 Å². The Kier molecular flexibility index (Phi) is 7.37. The molecule has 19 heavy (non-hydrogen) atoms. The van der Waals surface area contributed by atoms with E-state index in [2.05, 4.69) is 29.8 Å². The zero-order chi connectivity index (χ0) is 14.4. The lowest BCUT2D eigenvalue weighted by Crippen LogP contribution is -2.34. The third-order valence-corrected chi connectivity index (χ3v) is 7.56. The van der Waals surface area contributed by atoms with Crippen molar-refractivity contribution < 1.29 is 8.42 Å². The van der Waals surface area contributed by atoms with E-state index in [0.29, 0.717) is 17.4 Å². The van der Waals surface area contributed by atoms with E-state index in [1.54, 1.807) is 0 Å². The largest absolute Gasteiger partial charge is 0.229 e. The van der Waals surface area contributed by atoms with Gasteiger partial charge in [-0.25, -0.2) is 8.42 Å². The molecule has 0 bridgehead atoms. The van der Waals surface area contributed by atoms with Crippen LogP contribution in [0.3, 0.4) is 0 Å². The van der Waals surface area contributed by atoms with Gasteiger partial charge < -0.3 is 0 Å². The van der Waals surface area contributed by atoms with E-state index in [0.717, 1.165) is 43.9 Å². The molecule has 0 aromatic carbocycles. The maximum Gasteiger partial charge on any atom is 0.151 e. The molecule has 1 aliphatic carbocycles. The topological polar surface area (TPSA) is 34.1 Å². The normalized spacial score (nSPS) is 18.1. The highest BCUT2D eigenvalue weighted by Crippen LogP contribution is 2.35. The molecule has 1 saturated carbocycles. The SMILES string of the molecule is CCCC(CBr)(CCC)CS(=O)(=O)CC1CCCC1. The summed E-state index contributed by atoms with van der Waals surface area (Å²) in [6.07, 6.45) is 8.80. The maximum atomic E-state index is 12.5. The van der Waals surface area contributed by atoms with Gasteiger partial charge in [-0.15, -0.1) is 0 Å². The standard InChI is InChI=1S/C15H29BrO2S/c1-3-9-15(12-16,10-4-2)13-19(17,18)11-14-7-5-6-8-14/h14H,3-13H2,1-2H3. The van der Waals surface area contributed by atoms with Crippen molar-refractivity contribution in [1.29, 1.82) is 0 Å². The Morgan fingerprint density at radius 3 is 2.05 bits per heavy atom. The maximum absolute atomic E-state index is 12.5. The van der Waals surface area contributed by atoms with E-state index < -0.39 is 9.84 Å². The minimum absolute atomic E-state index is 0.0407. The van der Waals surface area contributed by atoms with Gasteiger partial charge in [-0.3, -0.25) is 0 Å². The molecule has 0 heterocycles. The predicted octanol–water partition coefficient (Wildman–Crippen LogP) is 4.57. The average molecular weight is 353 g/mol. The third-order valence-electron chi connectivity index (χ3n) is 4.33. The first kappa shape index (κ1) is 17.5. The van der Waals surface area contributed by atoms with Gasteiger partial charge in [0.15, 0.2) is 9.84 Å². The Balaban J connectivity index is 2.69. The highest BCUT2D eigenvalue weighted by molar-refractivity contribution is 9.09. The van der Waals surface area contributed by atoms with Crippen molar-refractivity contribution in [2.75, 3.05) is 16.8 Å². The van der Waals surface area contributed by atoms with Gasteiger partial charge in [0.2, 0.25) is 0 Å². The molecular weight excluding hydrogens is 324 g/mol. The summed E-state index contributed by atoms with van der Waals surface area (Å²) in [6, 6.07) is 0. The van der Waals surface area contributed by atoms with Gasteiger partial charge in [0.1, 0.15) is 0 Å². The lowest BCUT2D eigenvalue weighted by atomic mass is 9.83. The molecule has 0 atom stereocenters. The Morgan fingerprint density at radius 2 is 1.63 bits per heavy atom. The second-order valence-electron chi connectivity index (χ2n) is 6.34. The summed E-state index contributed by atoms with van der Waals surface area (Å²) < 4.78 is 25.0. The number of sulfone groups is 1. The van der Waals surface area contributed by atoms with Crippen molar-refractivity contribution >= 4 is 25.8 Å². The van der Waals surface area contributed by atoms with Crippen LogP contribution in [0.15, 0.2) is 0 Å². The van der Waals surface area contributed by atoms with Gasteiger partial charge in [-0.2, -0.15) is 0 Å². The van der Waals surface area contributed by atoms with Gasteiger partial charge in [-0.05, 0) is 37.0 Å². The molecule has 0 radical (unpaired) electrons. The van der Waals surface area contributed by atoms with E-state index in [1.165, 1.54) is 12.8 Å². The lowest BCUT2D eigenvalue weighted by molar-refractivity contribution is 0.313. The molecule has 1 rings (SSSR count). The second kappa shape index (κ2) is 8.02. The molecule has 1 aliphatic rings. The monoisotopic (exact) mass is 352 g/mol. The first-order valence-corrected chi connectivity index (χ1v) is 10.7. The summed E-state index contributed by atoms with van der Waals surface area (Å²) in [6.45, 7) is 4.30. The summed E-state index contributed by atoms with van der Waals surface area (Å²) in [5, 5.41) is 0.811. The second-order valence-corrected chi connectivity index (χ2v) is 9.01. The van der Waals surface area contributed by atoms with Crippen molar-refractivity contribution in [3.8, 4) is 0 Å². The minimum atomic E-state index is -2.91. The molecular formula is C15H29BrO2S. The van der Waals surface area contributed by atoms with Crippen LogP contribution >= 0.6 is 15.9 Å². The fourth-order valence-corrected chi connectivity index (χ4v) is 7.08. The van der Waals surface area contributed by atoms with Crippen molar-refractivity contribution in [3.63, 3.8) is 0 Å². The number of rotatable bonds is 9. The van der Waals surface area contributed by atoms with Crippen LogP contribution in [0.25, 0.3) is 0 Å². The van der Waals surface area contributed by atoms with Crippen LogP contribution in [0.5, 0.6) is 0 Å². The van der Waals surface area contributed by atoms with E-state index in [4.69, 9.17) is 0 Å². The van der Waals surface area contributed by atoms with Crippen LogP contribution in [0, 0.1) is 11.3 Å². The third kappa shape index (κ3) is 5.74. The predicted molar refractivity (Wildman–Crippen MR) is 86.7 cm³/mol. The summed E-state index contributed by atoms with van der Waals surface area (Å²) >= 11 is 3.58. The molecule has 0 aliphatic heterocycles. The van der Waals surface area contributed by atoms with Gasteiger partial charge in [0.25, 0.3) is 0 Å². The molecule has 0 amide bonds. The smallest absolute Gasteiger partial charge is 0.151 e. The Labute approximate surface area is 127 Å². The molecule has 1 fully saturated rings. The summed E-state index contributed by atoms with van der Waals surface area (Å²) in [7, 11) is -2.91. The summed E-state index contributed by atoms with van der Waals surface area (Å²) in [5.74, 6) is 1.24. The molecule has 0 aromatic heterocycles. The average Bonchev–Trinajstić information content (AvgIpc) is 2.81. The lowest BCUT2D eigenvalue weighted by Gasteiger charge is -2.31. The van der Waals surface area contributed by atoms with Gasteiger partial charge in [0.05, 0.1) is 11.5 Å². The zero-order valence-corrected chi connectivity index (χ0v) is 14.9. The molecule has 0 unspecified atom stereocenters. The fraction of sp³-hybridized carbons (Fsp3) is 1.00. The van der Waals surface area contributed by atoms with E-state index in [9.17, 15) is 8.42 Å². The Bertz CT molecular complexity index is 339. The van der Waals surface area contributed by atoms with E-state index >= 15 is 0 Å². The molecule has 114 valence electrons. The molecule has 4 heteroatoms. The molecule has 0 aromatic rings. The number of halogens is 1. The van der Waals surface area contributed by atoms with Crippen LogP contribution in [0.4, 0.5) is 0 Å². The Hall–Kier alpha value is 0.430. The number of hydrogen-bond donors (Lipinski definition) is 0. The van der Waals surface area contributed by atoms with Gasteiger partial charge in [-0.1, -0.05) is 55.5 Å². The van der Waals surface area contributed by atoms with Crippen molar-refractivity contribution in [3.05, 3.63) is 0 Å². The quantitative estimate of drug-likeness (QED) is 0.569. The summed E-state index contributed by atoms with van der Waals surface area (Å²) in [4.78, 5) is 0. The van der Waals surface area contributed by atoms with Crippen molar-refractivity contribution in [1.82, 2.24) is 0 Å². The first-order valence-electron chi connectivity index (χ1n) is 7.73. The highest BCUT2D eigenvalue weighted by Gasteiger charge is 2.34. The molecule has 0 saturated heterocycles. The first-order chi connectivity index (χ1) is 8.97. The number of alkyl halides is 1. The fourth-order valence-electron chi connectivity index (χ4n) is 3.56. The van der Waals surface area contributed by atoms with Crippen LogP contribution in [0.1, 0.15) is 65.2 Å². The van der Waals surface area contributed by atoms with Crippen molar-refractivity contribution in [2.45, 2.75) is 65.2 Å². The molecule has 0 N–H and O–H groups in total. The number of hydrogen-bond acceptors (Lipinski definition) is 2. The Morgan fingerprint density at radius 1 is 1.11 bits per heavy atom. The zero-order valence-electron chi connectivity index (χ0n) is 12.5. The molecule has 2 nitrogen and oxygen atoms in total. The van der Waals surface area contributed by atoms with Gasteiger partial charge in [0, 0.05) is 5.33 Å². The van der Waals surface area contributed by atoms with Crippen molar-refractivity contribution in [2.24, 2.45) is 11.3 Å². The van der Waals surface area contributed by atoms with Crippen LogP contribution < -0.4 is 0 Å². The summed E-state index contributed by atoms with van der Waals surface area (Å²) in [5.41, 5.74) is -0.0407. The van der Waals surface area contributed by atoms with E-state index in [-0.39, 0.29) is 5.41 Å². The molecule has 0 spiro atoms. The van der Waals surface area contributed by atoms with Crippen LogP contribution in [-0.2, 0) is 9.84 Å². The minimum Gasteiger partial charge on any atom is -0.229 e. The van der Waals surface area contributed by atoms with Crippen LogP contribution in [-0.4, -0.2) is 25.3 Å².